The Hall–Kier alpha value is -0.420. The van der Waals surface area contributed by atoms with Gasteiger partial charge in [-0.2, -0.15) is 26.3 Å². The van der Waals surface area contributed by atoms with Crippen LogP contribution in [0.4, 0.5) is 32.0 Å². The van der Waals surface area contributed by atoms with Gasteiger partial charge in [-0.1, -0.05) is 34.8 Å². The average molecular weight is 455 g/mol. The maximum absolute atomic E-state index is 12.6. The summed E-state index contributed by atoms with van der Waals surface area (Å²) in [5.74, 6) is 2.33. The molecule has 1 aromatic rings. The smallest absolute Gasteiger partial charge is 0.473 e. The van der Waals surface area contributed by atoms with E-state index in [1.54, 1.807) is 0 Å². The SMILES string of the molecule is NN(C(=O)C(F)(F)F)c1c(Cl)cc(C(F)(F)F)c(Cl)c1Cl.[Br-]. The van der Waals surface area contributed by atoms with E-state index in [9.17, 15) is 31.1 Å². The molecule has 0 heterocycles. The van der Waals surface area contributed by atoms with E-state index in [-0.39, 0.29) is 23.0 Å². The van der Waals surface area contributed by atoms with Crippen molar-refractivity contribution >= 4 is 46.4 Å². The van der Waals surface area contributed by atoms with Crippen molar-refractivity contribution in [3.8, 4) is 0 Å². The molecule has 1 amide bonds. The zero-order valence-corrected chi connectivity index (χ0v) is 13.6. The molecule has 13 heteroatoms. The number of amides is 1. The number of anilines is 1. The summed E-state index contributed by atoms with van der Waals surface area (Å²) in [7, 11) is 0. The third-order valence-corrected chi connectivity index (χ3v) is 3.29. The molecule has 0 fully saturated rings. The fourth-order valence-corrected chi connectivity index (χ4v) is 2.14. The molecule has 0 aromatic heterocycles. The number of nitrogens with zero attached hydrogens (tertiary/aromatic N) is 1. The number of halogens is 10. The summed E-state index contributed by atoms with van der Waals surface area (Å²) in [5, 5.41) is -3.60. The van der Waals surface area contributed by atoms with Crippen LogP contribution in [0.25, 0.3) is 0 Å². The molecule has 0 aliphatic heterocycles. The Labute approximate surface area is 144 Å². The largest absolute Gasteiger partial charge is 1.00 e. The summed E-state index contributed by atoms with van der Waals surface area (Å²) >= 11 is 16.2. The van der Waals surface area contributed by atoms with Gasteiger partial charge in [0, 0.05) is 0 Å². The molecule has 1 rings (SSSR count). The second-order valence-electron chi connectivity index (χ2n) is 3.55. The molecule has 0 aliphatic rings. The minimum Gasteiger partial charge on any atom is -1.00 e. The predicted molar refractivity (Wildman–Crippen MR) is 64.2 cm³/mol. The zero-order chi connectivity index (χ0) is 16.7. The molecule has 0 aliphatic carbocycles. The highest BCUT2D eigenvalue weighted by Gasteiger charge is 2.44. The molecule has 0 bridgehead atoms. The lowest BCUT2D eigenvalue weighted by molar-refractivity contribution is -0.170. The predicted octanol–water partition coefficient (Wildman–Crippen LogP) is 1.44. The van der Waals surface area contributed by atoms with Gasteiger partial charge in [0.2, 0.25) is 0 Å². The lowest BCUT2D eigenvalue weighted by Crippen LogP contribution is -3.00. The van der Waals surface area contributed by atoms with Crippen molar-refractivity contribution in [1.82, 2.24) is 0 Å². The van der Waals surface area contributed by atoms with E-state index >= 15 is 0 Å². The van der Waals surface area contributed by atoms with Crippen LogP contribution in [0, 0.1) is 0 Å². The third-order valence-electron chi connectivity index (χ3n) is 2.14. The second kappa shape index (κ2) is 7.00. The van der Waals surface area contributed by atoms with E-state index in [0.29, 0.717) is 0 Å². The van der Waals surface area contributed by atoms with Gasteiger partial charge in [0.25, 0.3) is 0 Å². The highest BCUT2D eigenvalue weighted by Crippen LogP contribution is 2.46. The van der Waals surface area contributed by atoms with Crippen LogP contribution in [0.1, 0.15) is 5.56 Å². The fraction of sp³-hybridized carbons (Fsp3) is 0.222. The first-order valence-electron chi connectivity index (χ1n) is 4.69. The van der Waals surface area contributed by atoms with Gasteiger partial charge >= 0.3 is 18.3 Å². The van der Waals surface area contributed by atoms with Gasteiger partial charge in [-0.15, -0.1) is 0 Å². The van der Waals surface area contributed by atoms with Crippen molar-refractivity contribution in [3.05, 3.63) is 26.7 Å². The first kappa shape index (κ1) is 21.6. The zero-order valence-electron chi connectivity index (χ0n) is 9.79. The Morgan fingerprint density at radius 2 is 1.50 bits per heavy atom. The van der Waals surface area contributed by atoms with E-state index in [1.165, 1.54) is 0 Å². The van der Waals surface area contributed by atoms with Crippen LogP contribution < -0.4 is 27.8 Å². The number of hydrogen-bond donors (Lipinski definition) is 1. The van der Waals surface area contributed by atoms with Crippen molar-refractivity contribution in [1.29, 1.82) is 0 Å². The van der Waals surface area contributed by atoms with Crippen LogP contribution >= 0.6 is 34.8 Å². The molecule has 2 N–H and O–H groups in total. The maximum Gasteiger partial charge on any atom is 0.473 e. The summed E-state index contributed by atoms with van der Waals surface area (Å²) in [6, 6.07) is 0.217. The highest BCUT2D eigenvalue weighted by atomic mass is 79.9. The molecule has 0 atom stereocenters. The number of hydrogen-bond acceptors (Lipinski definition) is 2. The monoisotopic (exact) mass is 453 g/mol. The van der Waals surface area contributed by atoms with Gasteiger partial charge in [0.1, 0.15) is 0 Å². The molecular formula is C9H3BrCl3F6N2O-. The van der Waals surface area contributed by atoms with Gasteiger partial charge in [0.05, 0.1) is 26.3 Å². The van der Waals surface area contributed by atoms with E-state index < -0.39 is 49.6 Å². The normalized spacial score (nSPS) is 11.9. The summed E-state index contributed by atoms with van der Waals surface area (Å²) in [6.45, 7) is 0. The quantitative estimate of drug-likeness (QED) is 0.229. The summed E-state index contributed by atoms with van der Waals surface area (Å²) in [4.78, 5) is 11.0. The molecule has 22 heavy (non-hydrogen) atoms. The Morgan fingerprint density at radius 1 is 1.05 bits per heavy atom. The first-order chi connectivity index (χ1) is 9.28. The number of rotatable bonds is 1. The molecule has 0 unspecified atom stereocenters. The third kappa shape index (κ3) is 4.31. The number of hydrazine groups is 1. The van der Waals surface area contributed by atoms with Crippen LogP contribution in [0.2, 0.25) is 15.1 Å². The van der Waals surface area contributed by atoms with Gasteiger partial charge < -0.3 is 17.0 Å². The molecule has 126 valence electrons. The molecular weight excluding hydrogens is 452 g/mol. The van der Waals surface area contributed by atoms with Gasteiger partial charge in [-0.25, -0.2) is 10.9 Å². The van der Waals surface area contributed by atoms with Crippen molar-refractivity contribution < 1.29 is 48.1 Å². The second-order valence-corrected chi connectivity index (χ2v) is 4.72. The Morgan fingerprint density at radius 3 is 1.86 bits per heavy atom. The average Bonchev–Trinajstić information content (AvgIpc) is 2.30. The minimum atomic E-state index is -5.38. The lowest BCUT2D eigenvalue weighted by atomic mass is 10.2. The molecule has 0 radical (unpaired) electrons. The van der Waals surface area contributed by atoms with E-state index in [1.807, 2.05) is 0 Å². The van der Waals surface area contributed by atoms with Crippen molar-refractivity contribution in [3.63, 3.8) is 0 Å². The molecule has 0 spiro atoms. The van der Waals surface area contributed by atoms with Crippen LogP contribution in [0.3, 0.4) is 0 Å². The number of alkyl halides is 6. The van der Waals surface area contributed by atoms with E-state index in [4.69, 9.17) is 40.6 Å². The van der Waals surface area contributed by atoms with Gasteiger partial charge in [0.15, 0.2) is 0 Å². The van der Waals surface area contributed by atoms with Crippen LogP contribution in [0.5, 0.6) is 0 Å². The minimum absolute atomic E-state index is 0. The number of benzene rings is 1. The van der Waals surface area contributed by atoms with E-state index in [2.05, 4.69) is 0 Å². The van der Waals surface area contributed by atoms with Crippen molar-refractivity contribution in [2.75, 3.05) is 5.01 Å². The number of carbonyl (C=O) groups is 1. The van der Waals surface area contributed by atoms with Crippen molar-refractivity contribution in [2.24, 2.45) is 5.84 Å². The number of nitrogens with two attached hydrogens (primary N) is 1. The summed E-state index contributed by atoms with van der Waals surface area (Å²) < 4.78 is 74.5. The Kier molecular flexibility index (Phi) is 6.86. The summed E-state index contributed by atoms with van der Waals surface area (Å²) in [5.41, 5.74) is -2.46. The molecule has 0 saturated heterocycles. The molecule has 1 aromatic carbocycles. The first-order valence-corrected chi connectivity index (χ1v) is 5.82. The lowest BCUT2D eigenvalue weighted by Gasteiger charge is -2.22. The van der Waals surface area contributed by atoms with Crippen LogP contribution in [-0.4, -0.2) is 12.1 Å². The Bertz CT molecular complexity index is 592. The van der Waals surface area contributed by atoms with Crippen LogP contribution in [0.15, 0.2) is 6.07 Å². The highest BCUT2D eigenvalue weighted by molar-refractivity contribution is 6.47. The van der Waals surface area contributed by atoms with Crippen molar-refractivity contribution in [2.45, 2.75) is 12.4 Å². The number of carbonyl (C=O) groups excluding carboxylic acids is 1. The fourth-order valence-electron chi connectivity index (χ4n) is 1.25. The summed E-state index contributed by atoms with van der Waals surface area (Å²) in [6.07, 6.45) is -10.3. The Balaban J connectivity index is 0.00000441. The van der Waals surface area contributed by atoms with E-state index in [0.717, 1.165) is 0 Å². The molecule has 3 nitrogen and oxygen atoms in total. The topological polar surface area (TPSA) is 46.3 Å². The maximum atomic E-state index is 12.6. The van der Waals surface area contributed by atoms with Gasteiger partial charge in [-0.3, -0.25) is 4.79 Å². The van der Waals surface area contributed by atoms with Crippen LogP contribution in [-0.2, 0) is 11.0 Å². The molecule has 0 saturated carbocycles. The standard InChI is InChI=1S/C9H3Cl3F6N2O.BrH/c10-3-1-2(8(13,14)15)4(11)5(12)6(3)20(19)7(21)9(16,17)18;/h1H,19H2;1H/p-1. The van der Waals surface area contributed by atoms with Gasteiger partial charge in [-0.05, 0) is 6.07 Å².